The zero-order chi connectivity index (χ0) is 29.1. The Kier molecular flexibility index (Phi) is 9.65. The summed E-state index contributed by atoms with van der Waals surface area (Å²) in [6.07, 6.45) is 5.49. The van der Waals surface area contributed by atoms with Crippen LogP contribution in [0.15, 0.2) is 60.2 Å². The average molecular weight is 567 g/mol. The summed E-state index contributed by atoms with van der Waals surface area (Å²) in [4.78, 5) is 12.4. The lowest BCUT2D eigenvalue weighted by atomic mass is 9.81. The van der Waals surface area contributed by atoms with Crippen LogP contribution in [0.5, 0.6) is 11.5 Å². The summed E-state index contributed by atoms with van der Waals surface area (Å²) in [6.45, 7) is 23.1. The number of rotatable bonds is 8. The average Bonchev–Trinajstić information content (AvgIpc) is 2.82. The largest absolute Gasteiger partial charge is 0.543 e. The summed E-state index contributed by atoms with van der Waals surface area (Å²) in [6, 6.07) is 16.3. The fourth-order valence-electron chi connectivity index (χ4n) is 4.26. The Morgan fingerprint density at radius 2 is 1.41 bits per heavy atom. The van der Waals surface area contributed by atoms with Gasteiger partial charge in [-0.3, -0.25) is 0 Å². The first-order valence-electron chi connectivity index (χ1n) is 14.4. The van der Waals surface area contributed by atoms with E-state index in [1.165, 1.54) is 11.1 Å². The van der Waals surface area contributed by atoms with Gasteiger partial charge in [0.1, 0.15) is 18.1 Å². The molecule has 0 aliphatic heterocycles. The number of hydrogen-bond acceptors (Lipinski definition) is 4. The standard InChI is InChI=1S/C33H50O4Si2/c1-32(2,3)38(7,8)36-28-20-21-29(30(23-28)37-39(9,10)33(4,5)6)27-18-16-25(17-19-27)22-31(34)35-24-26-14-12-11-13-15-26/h11-15,20-23,27H,16-19,24H2,1-10H3. The smallest absolute Gasteiger partial charge is 0.331 e. The highest BCUT2D eigenvalue weighted by atomic mass is 28.4. The van der Waals surface area contributed by atoms with Crippen molar-refractivity contribution >= 4 is 22.6 Å². The fraction of sp³-hybridized carbons (Fsp3) is 0.545. The molecule has 0 atom stereocenters. The predicted molar refractivity (Wildman–Crippen MR) is 168 cm³/mol. The van der Waals surface area contributed by atoms with Gasteiger partial charge in [0.05, 0.1) is 0 Å². The Balaban J connectivity index is 1.76. The van der Waals surface area contributed by atoms with Crippen LogP contribution < -0.4 is 8.85 Å². The predicted octanol–water partition coefficient (Wildman–Crippen LogP) is 9.78. The quantitative estimate of drug-likeness (QED) is 0.181. The minimum Gasteiger partial charge on any atom is -0.543 e. The summed E-state index contributed by atoms with van der Waals surface area (Å²) in [7, 11) is -4.02. The van der Waals surface area contributed by atoms with Crippen LogP contribution in [0.4, 0.5) is 0 Å². The van der Waals surface area contributed by atoms with Gasteiger partial charge in [-0.1, -0.05) is 83.5 Å². The number of benzene rings is 2. The Morgan fingerprint density at radius 3 is 1.97 bits per heavy atom. The molecule has 214 valence electrons. The minimum absolute atomic E-state index is 0.100. The van der Waals surface area contributed by atoms with Gasteiger partial charge < -0.3 is 13.6 Å². The molecule has 0 radical (unpaired) electrons. The molecule has 0 N–H and O–H groups in total. The van der Waals surface area contributed by atoms with Crippen molar-refractivity contribution in [2.75, 3.05) is 0 Å². The number of esters is 1. The molecule has 39 heavy (non-hydrogen) atoms. The topological polar surface area (TPSA) is 44.8 Å². The second kappa shape index (κ2) is 12.1. The Bertz CT molecular complexity index is 1140. The molecule has 1 aliphatic rings. The van der Waals surface area contributed by atoms with Gasteiger partial charge in [0.15, 0.2) is 0 Å². The third-order valence-corrected chi connectivity index (χ3v) is 17.7. The minimum atomic E-state index is -2.05. The highest BCUT2D eigenvalue weighted by Crippen LogP contribution is 2.45. The Hall–Kier alpha value is -2.32. The van der Waals surface area contributed by atoms with Crippen molar-refractivity contribution in [3.63, 3.8) is 0 Å². The van der Waals surface area contributed by atoms with Gasteiger partial charge >= 0.3 is 5.97 Å². The van der Waals surface area contributed by atoms with E-state index < -0.39 is 16.6 Å². The van der Waals surface area contributed by atoms with Crippen molar-refractivity contribution in [3.8, 4) is 11.5 Å². The van der Waals surface area contributed by atoms with Crippen LogP contribution in [0.1, 0.15) is 84.3 Å². The number of hydrogen-bond donors (Lipinski definition) is 0. The molecule has 0 unspecified atom stereocenters. The molecule has 4 nitrogen and oxygen atoms in total. The van der Waals surface area contributed by atoms with Crippen LogP contribution in [0.2, 0.25) is 36.3 Å². The number of ether oxygens (including phenoxy) is 1. The lowest BCUT2D eigenvalue weighted by Gasteiger charge is -2.39. The van der Waals surface area contributed by atoms with Gasteiger partial charge in [-0.25, -0.2) is 4.79 Å². The monoisotopic (exact) mass is 566 g/mol. The van der Waals surface area contributed by atoms with Crippen molar-refractivity contribution < 1.29 is 18.4 Å². The SMILES string of the molecule is CC(C)(C)[Si](C)(C)Oc1ccc(C2CCC(=CC(=O)OCc3ccccc3)CC2)c(O[Si](C)(C)C(C)(C)C)c1. The van der Waals surface area contributed by atoms with Crippen LogP contribution in [-0.2, 0) is 16.1 Å². The van der Waals surface area contributed by atoms with Crippen LogP contribution >= 0.6 is 0 Å². The van der Waals surface area contributed by atoms with Crippen molar-refractivity contribution in [1.82, 2.24) is 0 Å². The van der Waals surface area contributed by atoms with Crippen LogP contribution in [0, 0.1) is 0 Å². The maximum Gasteiger partial charge on any atom is 0.331 e. The molecule has 0 saturated heterocycles. The second-order valence-corrected chi connectivity index (χ2v) is 23.5. The molecule has 0 aromatic heterocycles. The van der Waals surface area contributed by atoms with Crippen molar-refractivity contribution in [2.45, 2.75) is 116 Å². The molecule has 1 saturated carbocycles. The third kappa shape index (κ3) is 8.34. The summed E-state index contributed by atoms with van der Waals surface area (Å²) in [5.74, 6) is 2.04. The van der Waals surface area contributed by atoms with E-state index in [1.54, 1.807) is 6.08 Å². The molecule has 0 amide bonds. The second-order valence-electron chi connectivity index (χ2n) is 14.1. The fourth-order valence-corrected chi connectivity index (χ4v) is 6.32. The first-order valence-corrected chi connectivity index (χ1v) is 20.2. The molecule has 0 spiro atoms. The molecule has 0 heterocycles. The van der Waals surface area contributed by atoms with Crippen LogP contribution in [0.25, 0.3) is 0 Å². The van der Waals surface area contributed by atoms with E-state index in [0.717, 1.165) is 42.7 Å². The van der Waals surface area contributed by atoms with Gasteiger partial charge in [0.25, 0.3) is 0 Å². The zero-order valence-electron chi connectivity index (χ0n) is 25.9. The summed E-state index contributed by atoms with van der Waals surface area (Å²) >= 11 is 0. The first-order chi connectivity index (χ1) is 18.0. The van der Waals surface area contributed by atoms with Gasteiger partial charge in [0.2, 0.25) is 16.6 Å². The highest BCUT2D eigenvalue weighted by molar-refractivity contribution is 6.75. The van der Waals surface area contributed by atoms with E-state index in [2.05, 4.69) is 85.9 Å². The molecular weight excluding hydrogens is 517 g/mol. The maximum absolute atomic E-state index is 12.4. The molecule has 1 fully saturated rings. The van der Waals surface area contributed by atoms with E-state index in [9.17, 15) is 4.79 Å². The molecule has 2 aromatic rings. The van der Waals surface area contributed by atoms with E-state index in [0.29, 0.717) is 12.5 Å². The summed E-state index contributed by atoms with van der Waals surface area (Å²) in [5.41, 5.74) is 3.45. The van der Waals surface area contributed by atoms with Crippen molar-refractivity contribution in [1.29, 1.82) is 0 Å². The van der Waals surface area contributed by atoms with E-state index in [-0.39, 0.29) is 16.0 Å². The van der Waals surface area contributed by atoms with Crippen LogP contribution in [-0.4, -0.2) is 22.6 Å². The summed E-state index contributed by atoms with van der Waals surface area (Å²) in [5, 5.41) is 0.226. The summed E-state index contributed by atoms with van der Waals surface area (Å²) < 4.78 is 19.1. The maximum atomic E-state index is 12.4. The number of carbonyl (C=O) groups is 1. The molecule has 6 heteroatoms. The van der Waals surface area contributed by atoms with Crippen LogP contribution in [0.3, 0.4) is 0 Å². The van der Waals surface area contributed by atoms with Gasteiger partial charge in [0, 0.05) is 12.1 Å². The van der Waals surface area contributed by atoms with Gasteiger partial charge in [-0.15, -0.1) is 0 Å². The van der Waals surface area contributed by atoms with Crippen molar-refractivity contribution in [3.05, 3.63) is 71.3 Å². The lowest BCUT2D eigenvalue weighted by Crippen LogP contribution is -2.44. The zero-order valence-corrected chi connectivity index (χ0v) is 27.9. The molecule has 3 rings (SSSR count). The molecule has 0 bridgehead atoms. The van der Waals surface area contributed by atoms with Gasteiger partial charge in [-0.2, -0.15) is 0 Å². The molecule has 2 aromatic carbocycles. The van der Waals surface area contributed by atoms with Gasteiger partial charge in [-0.05, 0) is 85.1 Å². The first kappa shape index (κ1) is 31.2. The normalized spacial score (nSPS) is 17.0. The Labute approximate surface area is 239 Å². The number of allylic oxidation sites excluding steroid dienone is 1. The van der Waals surface area contributed by atoms with E-state index >= 15 is 0 Å². The van der Waals surface area contributed by atoms with E-state index in [1.807, 2.05) is 30.3 Å². The highest BCUT2D eigenvalue weighted by Gasteiger charge is 2.41. The lowest BCUT2D eigenvalue weighted by molar-refractivity contribution is -0.139. The molecular formula is C33H50O4Si2. The van der Waals surface area contributed by atoms with Crippen molar-refractivity contribution in [2.24, 2.45) is 0 Å². The van der Waals surface area contributed by atoms with E-state index in [4.69, 9.17) is 13.6 Å². The molecule has 1 aliphatic carbocycles. The third-order valence-electron chi connectivity index (χ3n) is 8.95. The Morgan fingerprint density at radius 1 is 0.846 bits per heavy atom. The number of carbonyl (C=O) groups excluding carboxylic acids is 1.